The van der Waals surface area contributed by atoms with Crippen molar-refractivity contribution >= 4 is 23.2 Å². The highest BCUT2D eigenvalue weighted by molar-refractivity contribution is 6.11. The Kier molecular flexibility index (Phi) is 5.86. The first kappa shape index (κ1) is 22.5. The van der Waals surface area contributed by atoms with Crippen molar-refractivity contribution in [2.45, 2.75) is 32.7 Å². The van der Waals surface area contributed by atoms with Crippen LogP contribution in [-0.2, 0) is 11.2 Å². The Labute approximate surface area is 202 Å². The zero-order chi connectivity index (χ0) is 24.5. The molecule has 35 heavy (non-hydrogen) atoms. The van der Waals surface area contributed by atoms with Crippen molar-refractivity contribution in [3.8, 4) is 5.69 Å². The number of carbonyl (C=O) groups excluding carboxylic acids is 2. The fourth-order valence-electron chi connectivity index (χ4n) is 4.39. The van der Waals surface area contributed by atoms with Gasteiger partial charge < -0.3 is 5.32 Å². The number of amides is 2. The average molecular weight is 470 g/mol. The topological polar surface area (TPSA) is 80.1 Å². The molecule has 3 aromatic carbocycles. The summed E-state index contributed by atoms with van der Waals surface area (Å²) in [6, 6.07) is 20.1. The first-order valence-corrected chi connectivity index (χ1v) is 11.4. The van der Waals surface area contributed by atoms with Crippen LogP contribution < -0.4 is 10.2 Å². The van der Waals surface area contributed by atoms with Gasteiger partial charge in [0.05, 0.1) is 5.69 Å². The molecule has 0 aliphatic carbocycles. The summed E-state index contributed by atoms with van der Waals surface area (Å²) in [7, 11) is 0. The third-order valence-corrected chi connectivity index (χ3v) is 6.21. The molecular weight excluding hydrogens is 445 g/mol. The number of benzene rings is 3. The first-order valence-electron chi connectivity index (χ1n) is 11.4. The maximum Gasteiger partial charge on any atom is 0.298 e. The van der Waals surface area contributed by atoms with Gasteiger partial charge in [0.2, 0.25) is 11.7 Å². The Hall–Kier alpha value is -4.33. The molecule has 1 atom stereocenters. The number of nitrogens with one attached hydrogen (secondary N) is 1. The van der Waals surface area contributed by atoms with E-state index in [0.717, 1.165) is 11.1 Å². The number of aromatic nitrogens is 3. The fraction of sp³-hybridized carbons (Fsp3) is 0.185. The number of hydrogen-bond donors (Lipinski definition) is 1. The molecule has 2 amide bonds. The maximum atomic E-state index is 13.8. The van der Waals surface area contributed by atoms with Crippen LogP contribution in [0.1, 0.15) is 34.0 Å². The lowest BCUT2D eigenvalue weighted by Crippen LogP contribution is -2.50. The van der Waals surface area contributed by atoms with Gasteiger partial charge in [-0.05, 0) is 74.2 Å². The first-order chi connectivity index (χ1) is 16.9. The highest BCUT2D eigenvalue weighted by Crippen LogP contribution is 2.32. The molecule has 4 aromatic rings. The second-order valence-corrected chi connectivity index (χ2v) is 8.53. The van der Waals surface area contributed by atoms with Gasteiger partial charge in [-0.25, -0.2) is 14.1 Å². The van der Waals surface area contributed by atoms with Gasteiger partial charge in [0.25, 0.3) is 5.91 Å². The molecule has 8 heteroatoms. The van der Waals surface area contributed by atoms with Gasteiger partial charge in [0.15, 0.2) is 0 Å². The lowest BCUT2D eigenvalue weighted by atomic mass is 9.94. The maximum absolute atomic E-state index is 13.8. The highest BCUT2D eigenvalue weighted by Gasteiger charge is 2.38. The SMILES string of the molecule is Cc1ccccc1NC(=O)C1CCc2ccccc2N1C(=O)c1nc(C)n(-c2ccc(F)cc2)n1. The van der Waals surface area contributed by atoms with Crippen molar-refractivity contribution in [1.82, 2.24) is 14.8 Å². The third kappa shape index (κ3) is 4.30. The summed E-state index contributed by atoms with van der Waals surface area (Å²) in [5, 5.41) is 7.39. The minimum atomic E-state index is -0.727. The minimum Gasteiger partial charge on any atom is -0.324 e. The van der Waals surface area contributed by atoms with Crippen molar-refractivity contribution in [2.75, 3.05) is 10.2 Å². The van der Waals surface area contributed by atoms with Crippen molar-refractivity contribution in [3.05, 3.63) is 101 Å². The van der Waals surface area contributed by atoms with Crippen LogP contribution in [0.25, 0.3) is 5.69 Å². The zero-order valence-electron chi connectivity index (χ0n) is 19.4. The molecule has 1 unspecified atom stereocenters. The van der Waals surface area contributed by atoms with E-state index >= 15 is 0 Å². The molecule has 1 aliphatic heterocycles. The number of para-hydroxylation sites is 2. The van der Waals surface area contributed by atoms with E-state index in [1.807, 2.05) is 55.5 Å². The summed E-state index contributed by atoms with van der Waals surface area (Å²) < 4.78 is 14.9. The standard InChI is InChI=1S/C27H24FN5O2/c1-17-7-3-5-9-22(17)30-26(34)24-16-11-19-8-4-6-10-23(19)32(24)27(35)25-29-18(2)33(31-25)21-14-12-20(28)13-15-21/h3-10,12-15,24H,11,16H2,1-2H3,(H,30,34). The normalized spacial score (nSPS) is 14.9. The van der Waals surface area contributed by atoms with Crippen LogP contribution in [0.2, 0.25) is 0 Å². The molecule has 2 heterocycles. The van der Waals surface area contributed by atoms with Crippen LogP contribution in [0.4, 0.5) is 15.8 Å². The molecule has 0 spiro atoms. The molecule has 7 nitrogen and oxygen atoms in total. The highest BCUT2D eigenvalue weighted by atomic mass is 19.1. The van der Waals surface area contributed by atoms with E-state index in [1.54, 1.807) is 19.1 Å². The third-order valence-electron chi connectivity index (χ3n) is 6.21. The number of hydrogen-bond acceptors (Lipinski definition) is 4. The number of halogens is 1. The van der Waals surface area contributed by atoms with Crippen molar-refractivity contribution in [2.24, 2.45) is 0 Å². The van der Waals surface area contributed by atoms with Crippen LogP contribution in [0.5, 0.6) is 0 Å². The number of fused-ring (bicyclic) bond motifs is 1. The molecule has 176 valence electrons. The largest absolute Gasteiger partial charge is 0.324 e. The number of aryl methyl sites for hydroxylation is 3. The van der Waals surface area contributed by atoms with E-state index in [4.69, 9.17) is 0 Å². The van der Waals surface area contributed by atoms with Gasteiger partial charge in [-0.15, -0.1) is 5.10 Å². The smallest absolute Gasteiger partial charge is 0.298 e. The van der Waals surface area contributed by atoms with Crippen molar-refractivity contribution in [3.63, 3.8) is 0 Å². The molecule has 0 fully saturated rings. The molecule has 5 rings (SSSR count). The second-order valence-electron chi connectivity index (χ2n) is 8.53. The zero-order valence-corrected chi connectivity index (χ0v) is 19.4. The molecule has 0 saturated carbocycles. The van der Waals surface area contributed by atoms with E-state index in [-0.39, 0.29) is 17.5 Å². The quantitative estimate of drug-likeness (QED) is 0.473. The van der Waals surface area contributed by atoms with Crippen LogP contribution in [0, 0.1) is 19.7 Å². The number of carbonyl (C=O) groups is 2. The lowest BCUT2D eigenvalue weighted by molar-refractivity contribution is -0.117. The monoisotopic (exact) mass is 469 g/mol. The van der Waals surface area contributed by atoms with Crippen molar-refractivity contribution < 1.29 is 14.0 Å². The molecule has 0 saturated heterocycles. The molecule has 1 aromatic heterocycles. The summed E-state index contributed by atoms with van der Waals surface area (Å²) in [6.07, 6.45) is 1.14. The molecule has 0 bridgehead atoms. The molecule has 0 radical (unpaired) electrons. The summed E-state index contributed by atoms with van der Waals surface area (Å²) in [5.74, 6) is -0.651. The van der Waals surface area contributed by atoms with Crippen molar-refractivity contribution in [1.29, 1.82) is 0 Å². The molecule has 1 aliphatic rings. The fourth-order valence-corrected chi connectivity index (χ4v) is 4.39. The van der Waals surface area contributed by atoms with Gasteiger partial charge >= 0.3 is 0 Å². The van der Waals surface area contributed by atoms with Crippen LogP contribution >= 0.6 is 0 Å². The van der Waals surface area contributed by atoms with E-state index in [0.29, 0.717) is 35.7 Å². The Morgan fingerprint density at radius 1 is 0.971 bits per heavy atom. The van der Waals surface area contributed by atoms with Crippen LogP contribution in [0.15, 0.2) is 72.8 Å². The Morgan fingerprint density at radius 2 is 1.69 bits per heavy atom. The van der Waals surface area contributed by atoms with E-state index in [1.165, 1.54) is 21.7 Å². The summed E-state index contributed by atoms with van der Waals surface area (Å²) in [5.41, 5.74) is 3.88. The van der Waals surface area contributed by atoms with Gasteiger partial charge in [-0.3, -0.25) is 14.5 Å². The summed E-state index contributed by atoms with van der Waals surface area (Å²) in [6.45, 7) is 3.64. The summed E-state index contributed by atoms with van der Waals surface area (Å²) >= 11 is 0. The average Bonchev–Trinajstić information content (AvgIpc) is 3.26. The lowest BCUT2D eigenvalue weighted by Gasteiger charge is -2.35. The van der Waals surface area contributed by atoms with E-state index in [2.05, 4.69) is 15.4 Å². The van der Waals surface area contributed by atoms with Crippen LogP contribution in [-0.4, -0.2) is 32.6 Å². The molecular formula is C27H24FN5O2. The van der Waals surface area contributed by atoms with Crippen LogP contribution in [0.3, 0.4) is 0 Å². The van der Waals surface area contributed by atoms with E-state index < -0.39 is 11.9 Å². The van der Waals surface area contributed by atoms with Gasteiger partial charge in [-0.1, -0.05) is 36.4 Å². The minimum absolute atomic E-state index is 0.0304. The number of nitrogens with zero attached hydrogens (tertiary/aromatic N) is 4. The predicted molar refractivity (Wildman–Crippen MR) is 131 cm³/mol. The Bertz CT molecular complexity index is 1410. The Morgan fingerprint density at radius 3 is 2.46 bits per heavy atom. The second kappa shape index (κ2) is 9.13. The number of anilines is 2. The Balaban J connectivity index is 1.51. The van der Waals surface area contributed by atoms with Gasteiger partial charge in [0.1, 0.15) is 17.7 Å². The van der Waals surface area contributed by atoms with E-state index in [9.17, 15) is 14.0 Å². The number of rotatable bonds is 4. The predicted octanol–water partition coefficient (Wildman–Crippen LogP) is 4.62. The summed E-state index contributed by atoms with van der Waals surface area (Å²) in [4.78, 5) is 33.1. The van der Waals surface area contributed by atoms with Gasteiger partial charge in [-0.2, -0.15) is 0 Å². The molecule has 1 N–H and O–H groups in total. The van der Waals surface area contributed by atoms with Gasteiger partial charge in [0, 0.05) is 11.4 Å².